The highest BCUT2D eigenvalue weighted by molar-refractivity contribution is 5.76. The number of allylic oxidation sites excluding steroid dienone is 9. The van der Waals surface area contributed by atoms with Crippen molar-refractivity contribution in [1.82, 2.24) is 5.32 Å². The molecule has 544 valence electrons. The predicted molar refractivity (Wildman–Crippen MR) is 383 cm³/mol. The molecule has 2 saturated heterocycles. The summed E-state index contributed by atoms with van der Waals surface area (Å²) in [5.74, 6) is -0.248. The summed E-state index contributed by atoms with van der Waals surface area (Å²) in [7, 11) is 0. The minimum absolute atomic E-state index is 0.248. The van der Waals surface area contributed by atoms with Crippen LogP contribution in [0, 0.1) is 0 Å². The molecule has 1 amide bonds. The van der Waals surface area contributed by atoms with Gasteiger partial charge in [-0.3, -0.25) is 4.79 Å². The summed E-state index contributed by atoms with van der Waals surface area (Å²) in [6, 6.07) is -0.939. The standard InChI is InChI=1S/C79H145NO13/c1-3-5-7-9-11-13-15-17-19-21-23-25-27-28-29-30-31-32-33-34-35-36-37-38-39-40-41-43-45-47-49-51-53-55-57-59-61-63-71(84)80-67(66-90-78-76(89)74(87)77(70(65-82)92-78)93-79-75(88)73(86)72(85)69(64-81)91-79)68(83)62-60-58-56-54-52-50-48-46-44-42-26-24-22-20-18-16-14-12-10-8-6-4-2/h15,17,21,23,44,46,52,54,60,62,67-70,72-79,81-83,85-89H,3-14,16,18-20,22,24-43,45,47-51,53,55-59,61,63-66H2,1-2H3,(H,80,84)/b17-15-,23-21-,46-44+,54-52+,62-60+. The second-order valence-corrected chi connectivity index (χ2v) is 27.5. The Bertz CT molecular complexity index is 1790. The number of rotatable bonds is 65. The second kappa shape index (κ2) is 63.2. The predicted octanol–water partition coefficient (Wildman–Crippen LogP) is 17.2. The third kappa shape index (κ3) is 46.6. The van der Waals surface area contributed by atoms with Crippen LogP contribution in [0.4, 0.5) is 0 Å². The third-order valence-corrected chi connectivity index (χ3v) is 18.9. The van der Waals surface area contributed by atoms with Gasteiger partial charge in [0.1, 0.15) is 48.8 Å². The van der Waals surface area contributed by atoms with Crippen LogP contribution in [0.25, 0.3) is 0 Å². The number of hydrogen-bond donors (Lipinski definition) is 9. The number of unbranched alkanes of at least 4 members (excludes halogenated alkanes) is 44. The summed E-state index contributed by atoms with van der Waals surface area (Å²) < 4.78 is 22.9. The van der Waals surface area contributed by atoms with Gasteiger partial charge in [0.15, 0.2) is 12.6 Å². The molecule has 0 spiro atoms. The molecule has 2 fully saturated rings. The molecule has 2 rings (SSSR count). The first-order valence-corrected chi connectivity index (χ1v) is 39.0. The monoisotopic (exact) mass is 1320 g/mol. The van der Waals surface area contributed by atoms with Gasteiger partial charge in [0.25, 0.3) is 0 Å². The molecule has 0 bridgehead atoms. The van der Waals surface area contributed by atoms with E-state index in [-0.39, 0.29) is 18.9 Å². The molecule has 93 heavy (non-hydrogen) atoms. The van der Waals surface area contributed by atoms with Crippen LogP contribution in [0.5, 0.6) is 0 Å². The van der Waals surface area contributed by atoms with Gasteiger partial charge in [-0.25, -0.2) is 0 Å². The fourth-order valence-corrected chi connectivity index (χ4v) is 12.7. The number of aliphatic hydroxyl groups is 8. The SMILES string of the molecule is CCCCCCC/C=C\C/C=C\CCCCCCCCCCCCCCCCCCCCCCCCCCCC(=O)NC(COC1OC(CO)C(OC2OC(CO)C(O)C(O)C2O)C(O)C1O)C(O)/C=C/CC/C=C/CC/C=C/CCCCCCCCCCCCCC. The van der Waals surface area contributed by atoms with Crippen molar-refractivity contribution in [2.24, 2.45) is 0 Å². The van der Waals surface area contributed by atoms with Crippen molar-refractivity contribution in [2.75, 3.05) is 19.8 Å². The summed E-state index contributed by atoms with van der Waals surface area (Å²) >= 11 is 0. The van der Waals surface area contributed by atoms with Crippen molar-refractivity contribution < 1.29 is 64.6 Å². The number of carbonyl (C=O) groups excluding carboxylic acids is 1. The van der Waals surface area contributed by atoms with Crippen molar-refractivity contribution in [2.45, 2.75) is 415 Å². The van der Waals surface area contributed by atoms with Gasteiger partial charge in [-0.05, 0) is 77.0 Å². The largest absolute Gasteiger partial charge is 0.394 e. The molecule has 0 aliphatic carbocycles. The third-order valence-electron chi connectivity index (χ3n) is 18.9. The van der Waals surface area contributed by atoms with Gasteiger partial charge >= 0.3 is 0 Å². The number of amides is 1. The molecule has 2 heterocycles. The lowest BCUT2D eigenvalue weighted by Crippen LogP contribution is -2.65. The second-order valence-electron chi connectivity index (χ2n) is 27.5. The number of ether oxygens (including phenoxy) is 4. The van der Waals surface area contributed by atoms with E-state index in [2.05, 4.69) is 67.8 Å². The molecule has 0 aromatic heterocycles. The highest BCUT2D eigenvalue weighted by atomic mass is 16.7. The highest BCUT2D eigenvalue weighted by Gasteiger charge is 2.51. The maximum absolute atomic E-state index is 13.4. The molecule has 9 N–H and O–H groups in total. The Morgan fingerprint density at radius 3 is 1.12 bits per heavy atom. The van der Waals surface area contributed by atoms with E-state index >= 15 is 0 Å². The Morgan fingerprint density at radius 2 is 0.720 bits per heavy atom. The zero-order valence-electron chi connectivity index (χ0n) is 59.5. The lowest BCUT2D eigenvalue weighted by atomic mass is 9.97. The van der Waals surface area contributed by atoms with E-state index in [1.54, 1.807) is 6.08 Å². The maximum Gasteiger partial charge on any atom is 0.220 e. The van der Waals surface area contributed by atoms with Gasteiger partial charge in [-0.1, -0.05) is 319 Å². The quantitative estimate of drug-likeness (QED) is 0.0204. The van der Waals surface area contributed by atoms with E-state index in [1.165, 1.54) is 257 Å². The Hall–Kier alpha value is -2.31. The van der Waals surface area contributed by atoms with Gasteiger partial charge in [-0.15, -0.1) is 0 Å². The summed E-state index contributed by atoms with van der Waals surface area (Å²) in [6.45, 7) is 2.81. The van der Waals surface area contributed by atoms with E-state index in [9.17, 15) is 45.6 Å². The molecule has 0 radical (unpaired) electrons. The van der Waals surface area contributed by atoms with Crippen molar-refractivity contribution in [3.05, 3.63) is 60.8 Å². The fraction of sp³-hybridized carbons (Fsp3) is 0.861. The average molecular weight is 1320 g/mol. The van der Waals surface area contributed by atoms with E-state index in [1.807, 2.05) is 6.08 Å². The van der Waals surface area contributed by atoms with Gasteiger partial charge in [0.2, 0.25) is 5.91 Å². The minimum Gasteiger partial charge on any atom is -0.394 e. The summed E-state index contributed by atoms with van der Waals surface area (Å²) in [6.07, 6.45) is 68.8. The van der Waals surface area contributed by atoms with Gasteiger partial charge < -0.3 is 65.1 Å². The molecule has 0 aromatic carbocycles. The molecule has 0 aromatic rings. The molecule has 2 aliphatic heterocycles. The van der Waals surface area contributed by atoms with Crippen LogP contribution < -0.4 is 5.32 Å². The molecular weight excluding hydrogens is 1170 g/mol. The minimum atomic E-state index is -1.79. The molecule has 2 aliphatic rings. The van der Waals surface area contributed by atoms with Crippen molar-refractivity contribution in [3.8, 4) is 0 Å². The first-order valence-electron chi connectivity index (χ1n) is 39.0. The Balaban J connectivity index is 1.61. The lowest BCUT2D eigenvalue weighted by molar-refractivity contribution is -0.359. The van der Waals surface area contributed by atoms with E-state index in [0.29, 0.717) is 12.8 Å². The van der Waals surface area contributed by atoms with Crippen molar-refractivity contribution in [3.63, 3.8) is 0 Å². The maximum atomic E-state index is 13.4. The average Bonchev–Trinajstić information content (AvgIpc) is 0.852. The Labute approximate surface area is 568 Å². The first-order chi connectivity index (χ1) is 45.6. The van der Waals surface area contributed by atoms with Gasteiger partial charge in [0, 0.05) is 6.42 Å². The zero-order valence-corrected chi connectivity index (χ0v) is 59.5. The molecule has 0 saturated carbocycles. The van der Waals surface area contributed by atoms with E-state index in [0.717, 1.165) is 51.4 Å². The molecule has 12 unspecified atom stereocenters. The van der Waals surface area contributed by atoms with Crippen LogP contribution in [0.15, 0.2) is 60.8 Å². The lowest BCUT2D eigenvalue weighted by Gasteiger charge is -2.46. The Morgan fingerprint density at radius 1 is 0.387 bits per heavy atom. The summed E-state index contributed by atoms with van der Waals surface area (Å²) in [5.41, 5.74) is 0. The highest BCUT2D eigenvalue weighted by Crippen LogP contribution is 2.30. The van der Waals surface area contributed by atoms with E-state index < -0.39 is 86.8 Å². The number of carbonyl (C=O) groups is 1. The van der Waals surface area contributed by atoms with Crippen LogP contribution >= 0.6 is 0 Å². The smallest absolute Gasteiger partial charge is 0.220 e. The van der Waals surface area contributed by atoms with Crippen LogP contribution in [0.1, 0.15) is 341 Å². The molecular formula is C79H145NO13. The van der Waals surface area contributed by atoms with Crippen molar-refractivity contribution in [1.29, 1.82) is 0 Å². The van der Waals surface area contributed by atoms with Crippen LogP contribution in [-0.4, -0.2) is 140 Å². The summed E-state index contributed by atoms with van der Waals surface area (Å²) in [5, 5.41) is 87.5. The number of nitrogens with one attached hydrogen (secondary N) is 1. The topological polar surface area (TPSA) is 228 Å². The van der Waals surface area contributed by atoms with Crippen LogP contribution in [0.2, 0.25) is 0 Å². The first kappa shape index (κ1) is 86.8. The van der Waals surface area contributed by atoms with Crippen molar-refractivity contribution >= 4 is 5.91 Å². The normalized spacial score (nSPS) is 22.9. The van der Waals surface area contributed by atoms with Crippen LogP contribution in [0.3, 0.4) is 0 Å². The number of aliphatic hydroxyl groups excluding tert-OH is 8. The van der Waals surface area contributed by atoms with E-state index in [4.69, 9.17) is 18.9 Å². The molecule has 14 heteroatoms. The fourth-order valence-electron chi connectivity index (χ4n) is 12.7. The molecule has 12 atom stereocenters. The molecule has 14 nitrogen and oxygen atoms in total. The summed E-state index contributed by atoms with van der Waals surface area (Å²) in [4.78, 5) is 13.4. The zero-order chi connectivity index (χ0) is 67.3. The van der Waals surface area contributed by atoms with Gasteiger partial charge in [-0.2, -0.15) is 0 Å². The number of hydrogen-bond acceptors (Lipinski definition) is 13. The van der Waals surface area contributed by atoms with Gasteiger partial charge in [0.05, 0.1) is 32.0 Å². The van der Waals surface area contributed by atoms with Crippen LogP contribution in [-0.2, 0) is 23.7 Å². The Kier molecular flexibility index (Phi) is 58.9.